The quantitative estimate of drug-likeness (QED) is 0.781. The zero-order valence-electron chi connectivity index (χ0n) is 13.9. The first kappa shape index (κ1) is 15.8. The standard InChI is InChI=1S/C19H19FN4O/c1-13-10-23(9-8-21-13)19(25)15-4-7-18-22-17(12-24(18)11-15)14-2-5-16(20)6-3-14/h2-7,11-13,21H,8-10H2,1H3/t13-/m1/s1. The van der Waals surface area contributed by atoms with E-state index in [1.54, 1.807) is 12.1 Å². The van der Waals surface area contributed by atoms with Crippen LogP contribution >= 0.6 is 0 Å². The van der Waals surface area contributed by atoms with Crippen molar-refractivity contribution in [1.29, 1.82) is 0 Å². The summed E-state index contributed by atoms with van der Waals surface area (Å²) in [5.41, 5.74) is 2.99. The minimum atomic E-state index is -0.273. The number of hydrogen-bond acceptors (Lipinski definition) is 3. The second-order valence-electron chi connectivity index (χ2n) is 6.42. The highest BCUT2D eigenvalue weighted by atomic mass is 19.1. The van der Waals surface area contributed by atoms with Gasteiger partial charge in [0.25, 0.3) is 5.91 Å². The number of imidazole rings is 1. The molecule has 2 aromatic heterocycles. The van der Waals surface area contributed by atoms with Crippen molar-refractivity contribution in [2.24, 2.45) is 0 Å². The third kappa shape index (κ3) is 3.13. The zero-order valence-corrected chi connectivity index (χ0v) is 13.9. The molecule has 1 aromatic carbocycles. The summed E-state index contributed by atoms with van der Waals surface area (Å²) in [6.45, 7) is 4.32. The summed E-state index contributed by atoms with van der Waals surface area (Å²) < 4.78 is 14.9. The first-order valence-electron chi connectivity index (χ1n) is 8.37. The molecule has 1 aliphatic rings. The lowest BCUT2D eigenvalue weighted by Crippen LogP contribution is -2.51. The van der Waals surface area contributed by atoms with E-state index in [0.717, 1.165) is 23.4 Å². The van der Waals surface area contributed by atoms with Gasteiger partial charge in [-0.1, -0.05) is 0 Å². The number of benzene rings is 1. The molecule has 1 fully saturated rings. The van der Waals surface area contributed by atoms with Gasteiger partial charge in [-0.2, -0.15) is 0 Å². The number of carbonyl (C=O) groups is 1. The fourth-order valence-electron chi connectivity index (χ4n) is 3.18. The average Bonchev–Trinajstić information content (AvgIpc) is 3.05. The van der Waals surface area contributed by atoms with Crippen LogP contribution in [0.5, 0.6) is 0 Å². The minimum absolute atomic E-state index is 0.0345. The van der Waals surface area contributed by atoms with E-state index >= 15 is 0 Å². The second kappa shape index (κ2) is 6.29. The van der Waals surface area contributed by atoms with Gasteiger partial charge in [0.05, 0.1) is 11.3 Å². The predicted octanol–water partition coefficient (Wildman–Crippen LogP) is 2.57. The number of nitrogens with one attached hydrogen (secondary N) is 1. The Morgan fingerprint density at radius 1 is 1.20 bits per heavy atom. The molecule has 0 spiro atoms. The lowest BCUT2D eigenvalue weighted by atomic mass is 10.2. The molecule has 25 heavy (non-hydrogen) atoms. The molecule has 0 saturated carbocycles. The number of rotatable bonds is 2. The first-order valence-corrected chi connectivity index (χ1v) is 8.37. The Bertz CT molecular complexity index is 919. The van der Waals surface area contributed by atoms with Crippen LogP contribution < -0.4 is 5.32 Å². The van der Waals surface area contributed by atoms with Gasteiger partial charge in [-0.15, -0.1) is 0 Å². The maximum Gasteiger partial charge on any atom is 0.255 e. The average molecular weight is 338 g/mol. The van der Waals surface area contributed by atoms with Crippen LogP contribution in [0.1, 0.15) is 17.3 Å². The molecule has 0 unspecified atom stereocenters. The van der Waals surface area contributed by atoms with Crippen molar-refractivity contribution < 1.29 is 9.18 Å². The van der Waals surface area contributed by atoms with Gasteiger partial charge in [-0.05, 0) is 43.3 Å². The summed E-state index contributed by atoms with van der Waals surface area (Å²) >= 11 is 0. The number of halogens is 1. The molecule has 6 heteroatoms. The molecule has 4 rings (SSSR count). The number of fused-ring (bicyclic) bond motifs is 1. The molecule has 0 aliphatic carbocycles. The van der Waals surface area contributed by atoms with Gasteiger partial charge in [-0.3, -0.25) is 4.79 Å². The Morgan fingerprint density at radius 2 is 2.00 bits per heavy atom. The fraction of sp³-hybridized carbons (Fsp3) is 0.263. The normalized spacial score (nSPS) is 17.8. The molecule has 128 valence electrons. The Balaban J connectivity index is 1.64. The van der Waals surface area contributed by atoms with Crippen molar-refractivity contribution in [3.8, 4) is 11.3 Å². The van der Waals surface area contributed by atoms with Crippen LogP contribution in [0.3, 0.4) is 0 Å². The van der Waals surface area contributed by atoms with E-state index in [1.807, 2.05) is 33.8 Å². The van der Waals surface area contributed by atoms with Crippen molar-refractivity contribution >= 4 is 11.6 Å². The minimum Gasteiger partial charge on any atom is -0.336 e. The molecule has 1 atom stereocenters. The van der Waals surface area contributed by atoms with Gasteiger partial charge >= 0.3 is 0 Å². The topological polar surface area (TPSA) is 49.6 Å². The second-order valence-corrected chi connectivity index (χ2v) is 6.42. The highest BCUT2D eigenvalue weighted by Crippen LogP contribution is 2.20. The number of nitrogens with zero attached hydrogens (tertiary/aromatic N) is 3. The van der Waals surface area contributed by atoms with Crippen molar-refractivity contribution in [3.63, 3.8) is 0 Å². The zero-order chi connectivity index (χ0) is 17.4. The third-order valence-corrected chi connectivity index (χ3v) is 4.49. The fourth-order valence-corrected chi connectivity index (χ4v) is 3.18. The monoisotopic (exact) mass is 338 g/mol. The summed E-state index contributed by atoms with van der Waals surface area (Å²) in [5.74, 6) is -0.238. The molecule has 1 aliphatic heterocycles. The Kier molecular flexibility index (Phi) is 3.97. The molecule has 0 radical (unpaired) electrons. The molecule has 5 nitrogen and oxygen atoms in total. The van der Waals surface area contributed by atoms with Crippen LogP contribution in [-0.4, -0.2) is 45.9 Å². The number of piperazine rings is 1. The van der Waals surface area contributed by atoms with Crippen LogP contribution in [0, 0.1) is 5.82 Å². The van der Waals surface area contributed by atoms with E-state index in [4.69, 9.17) is 0 Å². The summed E-state index contributed by atoms with van der Waals surface area (Å²) in [4.78, 5) is 19.1. The van der Waals surface area contributed by atoms with Gasteiger partial charge in [0.2, 0.25) is 0 Å². The lowest BCUT2D eigenvalue weighted by Gasteiger charge is -2.31. The largest absolute Gasteiger partial charge is 0.336 e. The summed E-state index contributed by atoms with van der Waals surface area (Å²) in [6.07, 6.45) is 3.67. The summed E-state index contributed by atoms with van der Waals surface area (Å²) in [5, 5.41) is 3.34. The Hall–Kier alpha value is -2.73. The number of pyridine rings is 1. The molecule has 1 saturated heterocycles. The Labute approximate surface area is 145 Å². The van der Waals surface area contributed by atoms with Crippen LogP contribution in [-0.2, 0) is 0 Å². The van der Waals surface area contributed by atoms with Gasteiger partial charge in [0.1, 0.15) is 11.5 Å². The molecule has 0 bridgehead atoms. The van der Waals surface area contributed by atoms with E-state index in [1.165, 1.54) is 12.1 Å². The molecule has 3 aromatic rings. The molecule has 1 N–H and O–H groups in total. The SMILES string of the molecule is C[C@@H]1CN(C(=O)c2ccc3nc(-c4ccc(F)cc4)cn3c2)CCN1. The van der Waals surface area contributed by atoms with Crippen molar-refractivity contribution in [2.45, 2.75) is 13.0 Å². The molecular weight excluding hydrogens is 319 g/mol. The number of carbonyl (C=O) groups excluding carboxylic acids is 1. The highest BCUT2D eigenvalue weighted by Gasteiger charge is 2.22. The predicted molar refractivity (Wildman–Crippen MR) is 94.0 cm³/mol. The van der Waals surface area contributed by atoms with Crippen molar-refractivity contribution in [2.75, 3.05) is 19.6 Å². The maximum atomic E-state index is 13.1. The van der Waals surface area contributed by atoms with Crippen LogP contribution in [0.4, 0.5) is 4.39 Å². The highest BCUT2D eigenvalue weighted by molar-refractivity contribution is 5.94. The van der Waals surface area contributed by atoms with E-state index in [2.05, 4.69) is 17.2 Å². The van der Waals surface area contributed by atoms with Crippen LogP contribution in [0.15, 0.2) is 48.8 Å². The third-order valence-electron chi connectivity index (χ3n) is 4.49. The molecule has 3 heterocycles. The van der Waals surface area contributed by atoms with Gasteiger partial charge in [0, 0.05) is 43.6 Å². The first-order chi connectivity index (χ1) is 12.1. The Morgan fingerprint density at radius 3 is 2.76 bits per heavy atom. The van der Waals surface area contributed by atoms with Crippen molar-refractivity contribution in [3.05, 3.63) is 60.2 Å². The number of aromatic nitrogens is 2. The molecule has 1 amide bonds. The molecular formula is C19H19FN4O. The van der Waals surface area contributed by atoms with Crippen LogP contribution in [0.2, 0.25) is 0 Å². The number of hydrogen-bond donors (Lipinski definition) is 1. The van der Waals surface area contributed by atoms with Crippen molar-refractivity contribution in [1.82, 2.24) is 19.6 Å². The van der Waals surface area contributed by atoms with Gasteiger partial charge in [-0.25, -0.2) is 9.37 Å². The van der Waals surface area contributed by atoms with E-state index in [0.29, 0.717) is 24.7 Å². The maximum absolute atomic E-state index is 13.1. The van der Waals surface area contributed by atoms with E-state index in [9.17, 15) is 9.18 Å². The van der Waals surface area contributed by atoms with Gasteiger partial charge < -0.3 is 14.6 Å². The van der Waals surface area contributed by atoms with E-state index in [-0.39, 0.29) is 11.7 Å². The van der Waals surface area contributed by atoms with E-state index < -0.39 is 0 Å². The smallest absolute Gasteiger partial charge is 0.255 e. The lowest BCUT2D eigenvalue weighted by molar-refractivity contribution is 0.0708. The summed E-state index contributed by atoms with van der Waals surface area (Å²) in [6, 6.07) is 10.2. The van der Waals surface area contributed by atoms with Gasteiger partial charge in [0.15, 0.2) is 0 Å². The van der Waals surface area contributed by atoms with Crippen LogP contribution in [0.25, 0.3) is 16.9 Å². The summed E-state index contributed by atoms with van der Waals surface area (Å²) in [7, 11) is 0. The number of amides is 1.